The van der Waals surface area contributed by atoms with Gasteiger partial charge in [-0.05, 0) is 49.8 Å². The summed E-state index contributed by atoms with van der Waals surface area (Å²) in [6.45, 7) is 8.14. The zero-order valence-corrected chi connectivity index (χ0v) is 16.3. The van der Waals surface area contributed by atoms with Gasteiger partial charge in [-0.3, -0.25) is 4.79 Å². The Hall–Kier alpha value is -2.50. The molecule has 6 nitrogen and oxygen atoms in total. The summed E-state index contributed by atoms with van der Waals surface area (Å²) in [6, 6.07) is 6.49. The Morgan fingerprint density at radius 2 is 2.07 bits per heavy atom. The molecular weight excluding hydrogens is 342 g/mol. The van der Waals surface area contributed by atoms with Crippen LogP contribution >= 0.6 is 0 Å². The van der Waals surface area contributed by atoms with E-state index in [2.05, 4.69) is 42.5 Å². The van der Waals surface area contributed by atoms with Crippen LogP contribution in [0.3, 0.4) is 0 Å². The normalized spacial score (nSPS) is 21.9. The van der Waals surface area contributed by atoms with Crippen molar-refractivity contribution in [2.75, 3.05) is 13.3 Å². The molecule has 27 heavy (non-hydrogen) atoms. The van der Waals surface area contributed by atoms with Crippen molar-refractivity contribution in [3.63, 3.8) is 0 Å². The maximum atomic E-state index is 12.5. The number of rotatable bonds is 5. The number of fused-ring (bicyclic) bond motifs is 1. The molecule has 1 fully saturated rings. The van der Waals surface area contributed by atoms with Crippen LogP contribution in [0.1, 0.15) is 51.0 Å². The van der Waals surface area contributed by atoms with Gasteiger partial charge >= 0.3 is 0 Å². The number of aromatic nitrogens is 2. The van der Waals surface area contributed by atoms with E-state index in [1.807, 2.05) is 23.4 Å². The second kappa shape index (κ2) is 6.91. The van der Waals surface area contributed by atoms with Crippen molar-refractivity contribution in [3.05, 3.63) is 42.0 Å². The van der Waals surface area contributed by atoms with Crippen LogP contribution in [-0.2, 0) is 17.8 Å². The SMILES string of the molecule is CC(C)n1ccnc1CN1C[C@@](C)(Cc2ccc3c(c2)OCO3)CCC1=O. The number of amides is 1. The summed E-state index contributed by atoms with van der Waals surface area (Å²) >= 11 is 0. The van der Waals surface area contributed by atoms with Crippen LogP contribution in [0.15, 0.2) is 30.6 Å². The number of imidazole rings is 1. The van der Waals surface area contributed by atoms with Crippen molar-refractivity contribution in [2.24, 2.45) is 5.41 Å². The number of carbonyl (C=O) groups excluding carboxylic acids is 1. The molecule has 0 aliphatic carbocycles. The number of likely N-dealkylation sites (tertiary alicyclic amines) is 1. The summed E-state index contributed by atoms with van der Waals surface area (Å²) in [5, 5.41) is 0. The fourth-order valence-electron chi connectivity index (χ4n) is 4.13. The monoisotopic (exact) mass is 369 g/mol. The van der Waals surface area contributed by atoms with Gasteiger partial charge in [0.2, 0.25) is 12.7 Å². The second-order valence-electron chi connectivity index (χ2n) is 8.27. The highest BCUT2D eigenvalue weighted by molar-refractivity contribution is 5.77. The lowest BCUT2D eigenvalue weighted by Crippen LogP contribution is -2.46. The van der Waals surface area contributed by atoms with Gasteiger partial charge in [0, 0.05) is 31.4 Å². The maximum Gasteiger partial charge on any atom is 0.231 e. The van der Waals surface area contributed by atoms with Crippen molar-refractivity contribution in [1.29, 1.82) is 0 Å². The number of carbonyl (C=O) groups is 1. The summed E-state index contributed by atoms with van der Waals surface area (Å²) in [7, 11) is 0. The lowest BCUT2D eigenvalue weighted by molar-refractivity contribution is -0.138. The van der Waals surface area contributed by atoms with E-state index >= 15 is 0 Å². The van der Waals surface area contributed by atoms with Crippen molar-refractivity contribution in [2.45, 2.75) is 52.6 Å². The molecule has 1 saturated heterocycles. The van der Waals surface area contributed by atoms with Crippen LogP contribution in [0, 0.1) is 5.41 Å². The third kappa shape index (κ3) is 3.66. The molecule has 0 saturated carbocycles. The first-order chi connectivity index (χ1) is 12.9. The van der Waals surface area contributed by atoms with E-state index in [4.69, 9.17) is 9.47 Å². The topological polar surface area (TPSA) is 56.6 Å². The highest BCUT2D eigenvalue weighted by atomic mass is 16.7. The predicted molar refractivity (Wildman–Crippen MR) is 102 cm³/mol. The van der Waals surface area contributed by atoms with Crippen LogP contribution in [0.2, 0.25) is 0 Å². The summed E-state index contributed by atoms with van der Waals surface area (Å²) in [6.07, 6.45) is 6.20. The van der Waals surface area contributed by atoms with Gasteiger partial charge < -0.3 is 18.9 Å². The molecule has 144 valence electrons. The van der Waals surface area contributed by atoms with E-state index < -0.39 is 0 Å². The maximum absolute atomic E-state index is 12.5. The molecule has 1 atom stereocenters. The van der Waals surface area contributed by atoms with Crippen molar-refractivity contribution < 1.29 is 14.3 Å². The highest BCUT2D eigenvalue weighted by Crippen LogP contribution is 2.38. The van der Waals surface area contributed by atoms with Gasteiger partial charge in [0.05, 0.1) is 6.54 Å². The number of piperidine rings is 1. The summed E-state index contributed by atoms with van der Waals surface area (Å²) in [5.74, 6) is 2.80. The van der Waals surface area contributed by atoms with Crippen molar-refractivity contribution in [3.8, 4) is 11.5 Å². The molecule has 2 aliphatic heterocycles. The van der Waals surface area contributed by atoms with E-state index in [1.54, 1.807) is 0 Å². The first-order valence-electron chi connectivity index (χ1n) is 9.61. The van der Waals surface area contributed by atoms with Gasteiger partial charge in [0.25, 0.3) is 0 Å². The molecule has 2 aliphatic rings. The molecular formula is C21H27N3O3. The fourth-order valence-corrected chi connectivity index (χ4v) is 4.13. The third-order valence-electron chi connectivity index (χ3n) is 5.57. The van der Waals surface area contributed by atoms with Crippen LogP contribution in [-0.4, -0.2) is 33.7 Å². The van der Waals surface area contributed by atoms with Crippen molar-refractivity contribution in [1.82, 2.24) is 14.5 Å². The number of benzene rings is 1. The molecule has 0 bridgehead atoms. The average molecular weight is 369 g/mol. The van der Waals surface area contributed by atoms with E-state index in [1.165, 1.54) is 5.56 Å². The zero-order valence-electron chi connectivity index (χ0n) is 16.3. The molecule has 0 unspecified atom stereocenters. The van der Waals surface area contributed by atoms with Gasteiger partial charge in [-0.15, -0.1) is 0 Å². The quantitative estimate of drug-likeness (QED) is 0.809. The molecule has 4 rings (SSSR count). The second-order valence-corrected chi connectivity index (χ2v) is 8.27. The minimum absolute atomic E-state index is 0.0386. The Bertz CT molecular complexity index is 845. The lowest BCUT2D eigenvalue weighted by atomic mass is 9.76. The molecule has 1 aromatic heterocycles. The first-order valence-corrected chi connectivity index (χ1v) is 9.61. The highest BCUT2D eigenvalue weighted by Gasteiger charge is 2.35. The summed E-state index contributed by atoms with van der Waals surface area (Å²) < 4.78 is 13.0. The van der Waals surface area contributed by atoms with Gasteiger partial charge in [-0.2, -0.15) is 0 Å². The molecule has 0 spiro atoms. The van der Waals surface area contributed by atoms with Gasteiger partial charge in [-0.25, -0.2) is 4.98 Å². The summed E-state index contributed by atoms with van der Waals surface area (Å²) in [4.78, 5) is 19.0. The Morgan fingerprint density at radius 1 is 1.26 bits per heavy atom. The minimum atomic E-state index is 0.0386. The largest absolute Gasteiger partial charge is 0.454 e. The van der Waals surface area contributed by atoms with Gasteiger partial charge in [0.15, 0.2) is 11.5 Å². The predicted octanol–water partition coefficient (Wildman–Crippen LogP) is 3.56. The van der Waals surface area contributed by atoms with Crippen molar-refractivity contribution >= 4 is 5.91 Å². The summed E-state index contributed by atoms with van der Waals surface area (Å²) in [5.41, 5.74) is 1.26. The molecule has 2 aromatic rings. The Morgan fingerprint density at radius 3 is 2.89 bits per heavy atom. The van der Waals surface area contributed by atoms with Crippen LogP contribution < -0.4 is 9.47 Å². The minimum Gasteiger partial charge on any atom is -0.454 e. The fraction of sp³-hybridized carbons (Fsp3) is 0.524. The lowest BCUT2D eigenvalue weighted by Gasteiger charge is -2.40. The third-order valence-corrected chi connectivity index (χ3v) is 5.57. The molecule has 1 aromatic carbocycles. The van der Waals surface area contributed by atoms with Crippen LogP contribution in [0.4, 0.5) is 0 Å². The molecule has 3 heterocycles. The zero-order chi connectivity index (χ0) is 19.0. The van der Waals surface area contributed by atoms with E-state index in [0.717, 1.165) is 36.7 Å². The number of nitrogens with zero attached hydrogens (tertiary/aromatic N) is 3. The van der Waals surface area contributed by atoms with E-state index in [-0.39, 0.29) is 11.3 Å². The average Bonchev–Trinajstić information content (AvgIpc) is 3.27. The Labute approximate surface area is 160 Å². The number of hydrogen-bond donors (Lipinski definition) is 0. The van der Waals surface area contributed by atoms with E-state index in [9.17, 15) is 4.79 Å². The number of hydrogen-bond acceptors (Lipinski definition) is 4. The number of ether oxygens (including phenoxy) is 2. The smallest absolute Gasteiger partial charge is 0.231 e. The molecule has 0 radical (unpaired) electrons. The first kappa shape index (κ1) is 17.9. The molecule has 1 amide bonds. The van der Waals surface area contributed by atoms with Crippen LogP contribution in [0.25, 0.3) is 0 Å². The Balaban J connectivity index is 1.49. The van der Waals surface area contributed by atoms with Crippen LogP contribution in [0.5, 0.6) is 11.5 Å². The van der Waals surface area contributed by atoms with Gasteiger partial charge in [-0.1, -0.05) is 13.0 Å². The van der Waals surface area contributed by atoms with E-state index in [0.29, 0.717) is 25.8 Å². The Kier molecular flexibility index (Phi) is 4.58. The molecule has 0 N–H and O–H groups in total. The molecule has 6 heteroatoms. The standard InChI is InChI=1S/C21H27N3O3/c1-15(2)24-9-8-22-19(24)12-23-13-21(3,7-6-20(23)25)11-16-4-5-17-18(10-16)27-14-26-17/h4-5,8-10,15H,6-7,11-14H2,1-3H3/t21-/m1/s1. The van der Waals surface area contributed by atoms with Gasteiger partial charge in [0.1, 0.15) is 5.82 Å².